The Hall–Kier alpha value is -1.59. The maximum absolute atomic E-state index is 14.2. The number of nitrogens with zero attached hydrogens (tertiary/aromatic N) is 1. The third kappa shape index (κ3) is 9.26. The minimum absolute atomic E-state index is 0.0269. The molecule has 3 fully saturated rings. The van der Waals surface area contributed by atoms with Crippen molar-refractivity contribution in [2.45, 2.75) is 173 Å². The molecule has 0 aromatic rings. The predicted molar refractivity (Wildman–Crippen MR) is 190 cm³/mol. The van der Waals surface area contributed by atoms with Crippen LogP contribution in [-0.2, 0) is 47.5 Å². The first kappa shape index (κ1) is 44.8. The average Bonchev–Trinajstić information content (AvgIpc) is 3.09. The Morgan fingerprint density at radius 2 is 1.50 bits per heavy atom. The van der Waals surface area contributed by atoms with Gasteiger partial charge in [0.15, 0.2) is 18.4 Å². The van der Waals surface area contributed by atoms with Crippen molar-refractivity contribution in [3.05, 3.63) is 0 Å². The summed E-state index contributed by atoms with van der Waals surface area (Å²) < 4.78 is 43.6. The fraction of sp³-hybridized carbons (Fsp3) is 0.921. The largest absolute Gasteiger partial charge is 0.459 e. The number of likely N-dealkylation sites (N-methyl/N-ethyl adjacent to an activating group) is 1. The Balaban J connectivity index is 2.23. The number of ether oxygens (including phenoxy) is 7. The predicted octanol–water partition coefficient (Wildman–Crippen LogP) is 2.65. The van der Waals surface area contributed by atoms with Crippen LogP contribution >= 0.6 is 0 Å². The minimum atomic E-state index is -1.97. The zero-order chi connectivity index (χ0) is 39.7. The molecule has 0 aromatic heterocycles. The van der Waals surface area contributed by atoms with Gasteiger partial charge in [0.05, 0.1) is 35.9 Å². The van der Waals surface area contributed by atoms with Crippen LogP contribution < -0.4 is 0 Å². The Morgan fingerprint density at radius 3 is 2.04 bits per heavy atom. The molecule has 3 heterocycles. The number of aliphatic hydroxyl groups is 3. The van der Waals surface area contributed by atoms with Gasteiger partial charge in [-0.1, -0.05) is 27.7 Å². The molecule has 0 aromatic carbocycles. The first-order chi connectivity index (χ1) is 24.0. The second kappa shape index (κ2) is 17.5. The van der Waals surface area contributed by atoms with E-state index in [9.17, 15) is 29.7 Å². The van der Waals surface area contributed by atoms with Gasteiger partial charge in [-0.15, -0.1) is 0 Å². The average molecular weight is 746 g/mol. The van der Waals surface area contributed by atoms with Crippen molar-refractivity contribution >= 4 is 17.5 Å². The zero-order valence-electron chi connectivity index (χ0n) is 33.8. The molecule has 52 heavy (non-hydrogen) atoms. The molecular formula is C38H67NO13. The standard InChI is InChI=1S/C38H67NO13/c1-15-26-38(10,45)31(42)21(4)28(40)19(2)17-37(9,47-14)33(52-35-29(41)25(39(11)12)16-20(3)48-35)22(5)30(23(6)34(44)50-26)51-27-18-36(8,46-13)32(43)24(7)49-27/h19-27,29-31,33,35,41-42,45H,15-18H2,1-14H3/t19-,20-,21+,22+,23-,24+,25+,26-,27+,29-,30+,31-,33-,35+,36-,37-,38-/m1/s1. The summed E-state index contributed by atoms with van der Waals surface area (Å²) in [6.45, 7) is 16.8. The number of hydrogen-bond donors (Lipinski definition) is 3. The lowest BCUT2D eigenvalue weighted by molar-refractivity contribution is -0.309. The number of ketones is 2. The van der Waals surface area contributed by atoms with Crippen LogP contribution in [0.5, 0.6) is 0 Å². The summed E-state index contributed by atoms with van der Waals surface area (Å²) in [6.07, 6.45) is -8.26. The third-order valence-electron chi connectivity index (χ3n) is 12.0. The van der Waals surface area contributed by atoms with Crippen LogP contribution in [-0.4, -0.2) is 144 Å². The van der Waals surface area contributed by atoms with Crippen molar-refractivity contribution in [1.29, 1.82) is 0 Å². The molecule has 3 saturated heterocycles. The molecule has 3 aliphatic rings. The van der Waals surface area contributed by atoms with E-state index in [0.29, 0.717) is 6.42 Å². The van der Waals surface area contributed by atoms with Crippen molar-refractivity contribution in [3.63, 3.8) is 0 Å². The third-order valence-corrected chi connectivity index (χ3v) is 12.0. The highest BCUT2D eigenvalue weighted by Crippen LogP contribution is 2.41. The van der Waals surface area contributed by atoms with Crippen LogP contribution in [0.4, 0.5) is 0 Å². The molecule has 0 saturated carbocycles. The van der Waals surface area contributed by atoms with E-state index in [0.717, 1.165) is 0 Å². The van der Waals surface area contributed by atoms with Gasteiger partial charge in [0.25, 0.3) is 0 Å². The lowest BCUT2D eigenvalue weighted by Crippen LogP contribution is -2.61. The molecule has 3 N–H and O–H groups in total. The van der Waals surface area contributed by atoms with Gasteiger partial charge in [-0.2, -0.15) is 0 Å². The number of aliphatic hydroxyl groups excluding tert-OH is 2. The van der Waals surface area contributed by atoms with E-state index in [4.69, 9.17) is 33.2 Å². The van der Waals surface area contributed by atoms with Crippen LogP contribution in [0.15, 0.2) is 0 Å². The Bertz CT molecular complexity index is 1230. The first-order valence-electron chi connectivity index (χ1n) is 18.7. The number of Topliss-reactive ketones (excluding diaryl/α,β-unsaturated/α-hetero) is 2. The van der Waals surface area contributed by atoms with Gasteiger partial charge >= 0.3 is 5.97 Å². The van der Waals surface area contributed by atoms with Crippen molar-refractivity contribution < 1.29 is 62.9 Å². The maximum atomic E-state index is 14.2. The number of carbonyl (C=O) groups is 3. The van der Waals surface area contributed by atoms with Crippen molar-refractivity contribution in [1.82, 2.24) is 4.90 Å². The number of cyclic esters (lactones) is 1. The fourth-order valence-corrected chi connectivity index (χ4v) is 8.44. The Morgan fingerprint density at radius 1 is 0.885 bits per heavy atom. The van der Waals surface area contributed by atoms with Gasteiger partial charge in [-0.05, 0) is 74.9 Å². The normalized spacial score (nSPS) is 47.6. The number of hydrogen-bond acceptors (Lipinski definition) is 14. The van der Waals surface area contributed by atoms with E-state index in [1.54, 1.807) is 48.5 Å². The van der Waals surface area contributed by atoms with E-state index >= 15 is 0 Å². The monoisotopic (exact) mass is 745 g/mol. The SMILES string of the molecule is CC[C@H]1OC(=O)[C@H](C)[C@@H](O[C@H]2C[C@@](C)(OC)C(=O)[C@H](C)O2)[C@H](C)[C@@H](O[C@@H]2O[C@H](C)C[C@H](N(C)C)[C@H]2O)[C@](C)(OC)C[C@@H](C)C(=O)[C@H](C)[C@@H](O)[C@]1(C)O. The topological polar surface area (TPSA) is 180 Å². The number of rotatable bonds is 8. The summed E-state index contributed by atoms with van der Waals surface area (Å²) in [7, 11) is 6.68. The van der Waals surface area contributed by atoms with Gasteiger partial charge in [-0.25, -0.2) is 0 Å². The van der Waals surface area contributed by atoms with E-state index in [-0.39, 0.29) is 43.0 Å². The van der Waals surface area contributed by atoms with E-state index in [1.165, 1.54) is 21.1 Å². The lowest BCUT2D eigenvalue weighted by Gasteiger charge is -2.49. The van der Waals surface area contributed by atoms with Crippen LogP contribution in [0.2, 0.25) is 0 Å². The maximum Gasteiger partial charge on any atom is 0.311 e. The molecule has 17 atom stereocenters. The summed E-state index contributed by atoms with van der Waals surface area (Å²) in [6, 6.07) is -0.291. The second-order valence-corrected chi connectivity index (χ2v) is 16.4. The van der Waals surface area contributed by atoms with Gasteiger partial charge in [-0.3, -0.25) is 14.4 Å². The quantitative estimate of drug-likeness (QED) is 0.309. The molecule has 3 rings (SSSR count). The van der Waals surface area contributed by atoms with Gasteiger partial charge in [0, 0.05) is 44.4 Å². The molecular weight excluding hydrogens is 678 g/mol. The smallest absolute Gasteiger partial charge is 0.311 e. The summed E-state index contributed by atoms with van der Waals surface area (Å²) in [5, 5.41) is 34.6. The van der Waals surface area contributed by atoms with Gasteiger partial charge < -0.3 is 53.4 Å². The summed E-state index contributed by atoms with van der Waals surface area (Å²) >= 11 is 0. The number of methoxy groups -OCH3 is 2. The molecule has 14 nitrogen and oxygen atoms in total. The molecule has 0 aliphatic carbocycles. The van der Waals surface area contributed by atoms with E-state index < -0.39 is 95.6 Å². The highest BCUT2D eigenvalue weighted by atomic mass is 16.7. The molecule has 0 amide bonds. The van der Waals surface area contributed by atoms with Crippen molar-refractivity contribution in [2.75, 3.05) is 28.3 Å². The first-order valence-corrected chi connectivity index (χ1v) is 18.7. The molecule has 0 bridgehead atoms. The highest BCUT2D eigenvalue weighted by molar-refractivity contribution is 5.91. The van der Waals surface area contributed by atoms with E-state index in [2.05, 4.69) is 0 Å². The second-order valence-electron chi connectivity index (χ2n) is 16.4. The van der Waals surface area contributed by atoms with E-state index in [1.807, 2.05) is 32.8 Å². The molecule has 302 valence electrons. The minimum Gasteiger partial charge on any atom is -0.459 e. The Kier molecular flexibility index (Phi) is 15.1. The van der Waals surface area contributed by atoms with Crippen LogP contribution in [0.25, 0.3) is 0 Å². The molecule has 3 aliphatic heterocycles. The van der Waals surface area contributed by atoms with Crippen molar-refractivity contribution in [3.8, 4) is 0 Å². The number of carbonyl (C=O) groups excluding carboxylic acids is 3. The molecule has 0 unspecified atom stereocenters. The molecule has 0 spiro atoms. The van der Waals surface area contributed by atoms with Crippen LogP contribution in [0, 0.1) is 23.7 Å². The Labute approximate surface area is 310 Å². The van der Waals surface area contributed by atoms with Crippen LogP contribution in [0.1, 0.15) is 94.9 Å². The van der Waals surface area contributed by atoms with Crippen LogP contribution in [0.3, 0.4) is 0 Å². The van der Waals surface area contributed by atoms with Gasteiger partial charge in [0.2, 0.25) is 0 Å². The molecule has 14 heteroatoms. The molecule has 0 radical (unpaired) electrons. The van der Waals surface area contributed by atoms with Gasteiger partial charge in [0.1, 0.15) is 35.3 Å². The summed E-state index contributed by atoms with van der Waals surface area (Å²) in [5.41, 5.74) is -4.46. The summed E-state index contributed by atoms with van der Waals surface area (Å²) in [4.78, 5) is 43.1. The fourth-order valence-electron chi connectivity index (χ4n) is 8.44. The number of esters is 1. The summed E-state index contributed by atoms with van der Waals surface area (Å²) in [5.74, 6) is -4.80. The highest BCUT2D eigenvalue weighted by Gasteiger charge is 2.54. The van der Waals surface area contributed by atoms with Crippen molar-refractivity contribution in [2.24, 2.45) is 23.7 Å². The zero-order valence-corrected chi connectivity index (χ0v) is 33.8. The lowest BCUT2D eigenvalue weighted by atomic mass is 9.74.